The van der Waals surface area contributed by atoms with Gasteiger partial charge in [0.2, 0.25) is 0 Å². The van der Waals surface area contributed by atoms with Crippen molar-refractivity contribution in [3.05, 3.63) is 243 Å². The van der Waals surface area contributed by atoms with Gasteiger partial charge in [-0.2, -0.15) is 6.42 Å². The van der Waals surface area contributed by atoms with Crippen molar-refractivity contribution in [3.8, 4) is 5.75 Å². The predicted octanol–water partition coefficient (Wildman–Crippen LogP) is 21.3. The van der Waals surface area contributed by atoms with Crippen molar-refractivity contribution in [2.24, 2.45) is 23.5 Å². The van der Waals surface area contributed by atoms with Crippen molar-refractivity contribution in [3.63, 3.8) is 0 Å². The van der Waals surface area contributed by atoms with Gasteiger partial charge in [0.05, 0.1) is 55.3 Å². The summed E-state index contributed by atoms with van der Waals surface area (Å²) in [6, 6.07) is 25.2. The number of pyridine rings is 6. The summed E-state index contributed by atoms with van der Waals surface area (Å²) in [6.07, 6.45) is 35.9. The van der Waals surface area contributed by atoms with Crippen LogP contribution in [0.25, 0.3) is 0 Å². The number of nitrogens with two attached hydrogens (primary N) is 1. The Kier molecular flexibility index (Phi) is 72.0. The van der Waals surface area contributed by atoms with Crippen molar-refractivity contribution in [1.82, 2.24) is 50.3 Å². The molecule has 6 N–H and O–H groups in total. The number of carbonyl (C=O) groups is 8. The molecular weight excluding hydrogens is 2430 g/mol. The minimum Gasteiger partial charge on any atom is 1.00 e. The summed E-state index contributed by atoms with van der Waals surface area (Å²) in [4.78, 5) is 118. The number of hydrogen-bond acceptors (Lipinski definition) is 23. The van der Waals surface area contributed by atoms with Gasteiger partial charge < -0.3 is 63.0 Å². The quantitative estimate of drug-likeness (QED) is 0.00986. The van der Waals surface area contributed by atoms with Crippen molar-refractivity contribution in [2.45, 2.75) is 217 Å². The number of carbonyl (C=O) groups excluding carboxylic acids is 8. The topological polar surface area (TPSA) is 357 Å². The SMILES string of the molecule is Brc1cncc(CNCC2CCCC2)c1.C.C.CC(C)(C)OC(=O)N(Cc1cncc(Br)c1)CC1CCCC1.CC(C)(C)OC(=O)OC(=O)OC(C)(C)C.CO.COc1cncc(Br)c1.NCc1cncc(Br)c1.O=C1NC(=O)c2ccccc21.O=C1c2ccccc2C(=O)N1Cc1cncc(Br)c1.O=CC1CCCC1.OCc1cncc(Br)c1.[B].[CH2-]CC.[H-].[I][V]([I])[I].[Na+]. The smallest absolute Gasteiger partial charge is 1.00 e. The fourth-order valence-electron chi connectivity index (χ4n) is 11.5. The average Bonchev–Trinajstić information content (AvgIpc) is 1.60. The number of amides is 5. The Morgan fingerprint density at radius 1 is 0.566 bits per heavy atom. The molecule has 3 fully saturated rings. The summed E-state index contributed by atoms with van der Waals surface area (Å²) < 4.78 is 29.9. The fourth-order valence-corrected chi connectivity index (χ4v) is 13.9. The maximum Gasteiger partial charge on any atom is 1.00 e. The molecule has 0 unspecified atom stereocenters. The summed E-state index contributed by atoms with van der Waals surface area (Å²) in [7, 11) is 2.61. The second-order valence-corrected chi connectivity index (χ2v) is 71.6. The number of aromatic nitrogens is 6. The Hall–Kier alpha value is -4.34. The summed E-state index contributed by atoms with van der Waals surface area (Å²) >= 11 is 27.3. The molecule has 0 bridgehead atoms. The number of aldehydes is 1. The van der Waals surface area contributed by atoms with Gasteiger partial charge in [-0.1, -0.05) is 84.6 Å². The molecule has 6 aromatic heterocycles. The predicted molar refractivity (Wildman–Crippen MR) is 551 cm³/mol. The van der Waals surface area contributed by atoms with Crippen LogP contribution in [-0.2, 0) is 61.4 Å². The third-order valence-electron chi connectivity index (χ3n) is 16.8. The zero-order chi connectivity index (χ0) is 93.7. The van der Waals surface area contributed by atoms with Gasteiger partial charge in [-0.25, -0.2) is 14.4 Å². The van der Waals surface area contributed by atoms with Crippen LogP contribution in [-0.4, -0.2) is 151 Å². The van der Waals surface area contributed by atoms with E-state index in [1.54, 1.807) is 159 Å². The molecule has 0 atom stereocenters. The van der Waals surface area contributed by atoms with E-state index in [9.17, 15) is 38.4 Å². The number of aliphatic hydroxyl groups is 2. The van der Waals surface area contributed by atoms with E-state index in [1.165, 1.54) is 74.7 Å². The first-order chi connectivity index (χ1) is 59.2. The third-order valence-corrected chi connectivity index (χ3v) is 19.4. The molecule has 5 amide bonds. The summed E-state index contributed by atoms with van der Waals surface area (Å²) in [5.74, 6) is 1.58. The molecule has 0 spiro atoms. The number of imide groups is 2. The van der Waals surface area contributed by atoms with Crippen LogP contribution >= 0.6 is 156 Å². The Bertz CT molecular complexity index is 4380. The molecule has 3 aliphatic carbocycles. The van der Waals surface area contributed by atoms with Crippen LogP contribution in [0, 0.1) is 24.7 Å². The van der Waals surface area contributed by atoms with Crippen LogP contribution < -0.4 is 50.7 Å². The number of methoxy groups -OCH3 is 1. The zero-order valence-corrected chi connectivity index (χ0v) is 93.3. The van der Waals surface area contributed by atoms with Gasteiger partial charge in [0.15, 0.2) is 0 Å². The second-order valence-electron chi connectivity index (χ2n) is 30.7. The van der Waals surface area contributed by atoms with Gasteiger partial charge in [0.25, 0.3) is 23.6 Å². The van der Waals surface area contributed by atoms with Crippen molar-refractivity contribution >= 4 is 212 Å². The van der Waals surface area contributed by atoms with Gasteiger partial charge in [-0.3, -0.25) is 59.3 Å². The van der Waals surface area contributed by atoms with E-state index in [0.29, 0.717) is 47.2 Å². The molecule has 26 nitrogen and oxygen atoms in total. The Labute approximate surface area is 877 Å². The molecule has 3 radical (unpaired) electrons. The van der Waals surface area contributed by atoms with E-state index in [0.717, 1.165) is 113 Å². The van der Waals surface area contributed by atoms with E-state index in [2.05, 4.69) is 214 Å². The first-order valence-electron chi connectivity index (χ1n) is 39.8. The van der Waals surface area contributed by atoms with Gasteiger partial charge in [0.1, 0.15) is 28.8 Å². The molecule has 2 aliphatic heterocycles. The van der Waals surface area contributed by atoms with Crippen LogP contribution in [0.5, 0.6) is 5.75 Å². The van der Waals surface area contributed by atoms with Crippen molar-refractivity contribution in [2.75, 3.05) is 27.3 Å². The number of ether oxygens (including phenoxy) is 5. The van der Waals surface area contributed by atoms with Crippen molar-refractivity contribution < 1.29 is 108 Å². The Morgan fingerprint density at radius 2 is 0.907 bits per heavy atom. The van der Waals surface area contributed by atoms with E-state index in [-0.39, 0.29) is 102 Å². The standard InChI is InChI=1S/C17H25BrN2O2.C14H9BrN2O2.C12H17BrN2.C10H18O5.C8H5NO2.C6H7BrN2.2C6H6BrNO.C6H10O.C3H7.CH4O.2CH4.B.3HI.Na.V.H/c1-17(2,3)22-16(21)20(11-13-6-4-5-7-13)12-14-8-15(18)10-19-9-14;15-10-5-9(6-16-7-10)8-17-13(18)11-3-1-2-4-12(11)14(17)19;13-12-5-11(8-15-9-12)7-14-6-10-3-1-2-4-10;1-9(2,3)14-7(11)13-8(12)15-10(4,5)6;10-7-5-3-1-2-4-6(5)8(11)9-7;7-6-1-5(2-8)3-9-4-6;1-9-6-2-5(7)3-8-4-6;7-6-1-5(4-9)2-8-3-6;7-5-6-3-1-2-4-6;1-3-2;1-2;;;;;;;;;/h8-10,13H,4-7,11-12H2,1-3H3;1-7H,8H2;5,8-10,14H,1-4,6-7H2;1-6H3;1-4H,(H,9,10,11);1,3-4H,2,8H2;2-4H,1H3;1-3,9H,4H2;5-6H,1-4H2;1,3H2,2H3;2H,1H3;2*1H4;;3*1H;;;/q;;;;;;;;;-1;;;;;;;;+1;+3;-1/p-3. The zero-order valence-electron chi connectivity index (χ0n) is 75.0. The number of hydrogen-bond donors (Lipinski definition) is 5. The van der Waals surface area contributed by atoms with E-state index in [4.69, 9.17) is 34.9 Å². The molecule has 13 rings (SSSR count). The number of halogens is 9. The van der Waals surface area contributed by atoms with Gasteiger partial charge in [0, 0.05) is 136 Å². The number of fused-ring (bicyclic) bond motifs is 2. The molecule has 0 saturated heterocycles. The van der Waals surface area contributed by atoms with Crippen LogP contribution in [0.2, 0.25) is 0 Å². The van der Waals surface area contributed by atoms with Crippen molar-refractivity contribution in [1.29, 1.82) is 0 Å². The third kappa shape index (κ3) is 59.3. The summed E-state index contributed by atoms with van der Waals surface area (Å²) in [6.45, 7) is 25.5. The Balaban J connectivity index is -0.000000688. The Morgan fingerprint density at radius 3 is 1.26 bits per heavy atom. The van der Waals surface area contributed by atoms with Crippen LogP contribution in [0.15, 0.2) is 186 Å². The largest absolute Gasteiger partial charge is 1.00 e. The normalized spacial score (nSPS) is 13.0. The first-order valence-corrected chi connectivity index (χ1v) is 58.1. The molecule has 8 aromatic rings. The van der Waals surface area contributed by atoms with Gasteiger partial charge >= 0.3 is 113 Å². The monoisotopic (exact) mass is 2550 g/mol. The maximum absolute atomic E-state index is 12.5. The number of benzene rings is 2. The molecule has 2 aromatic carbocycles. The average molecular weight is 2560 g/mol. The van der Waals surface area contributed by atoms with E-state index < -0.39 is 29.1 Å². The van der Waals surface area contributed by atoms with E-state index >= 15 is 0 Å². The summed E-state index contributed by atoms with van der Waals surface area (Å²) in [5.41, 5.74) is 10.3. The number of nitrogens with zero attached hydrogens (tertiary/aromatic N) is 8. The van der Waals surface area contributed by atoms with Crippen LogP contribution in [0.3, 0.4) is 0 Å². The molecule has 5 aliphatic rings. The second kappa shape index (κ2) is 72.1. The molecule has 8 heterocycles. The summed E-state index contributed by atoms with van der Waals surface area (Å²) in [5, 5.41) is 21.3. The number of aliphatic hydroxyl groups excluding tert-OH is 2. The maximum atomic E-state index is 12.5. The number of nitrogens with one attached hydrogen (secondary N) is 2. The molecule has 705 valence electrons. The molecule has 38 heteroatoms. The van der Waals surface area contributed by atoms with Gasteiger partial charge in [-0.15, -0.1) is 0 Å². The molecule has 129 heavy (non-hydrogen) atoms. The van der Waals surface area contributed by atoms with E-state index in [1.807, 2.05) is 75.3 Å². The number of rotatable bonds is 14. The minimum absolute atomic E-state index is 0. The van der Waals surface area contributed by atoms with Crippen LogP contribution in [0.1, 0.15) is 238 Å². The first kappa shape index (κ1) is 129. The molecule has 3 saturated carbocycles. The fraction of sp³-hybridized carbons (Fsp3) is 0.440. The van der Waals surface area contributed by atoms with Gasteiger partial charge in [-0.05, 0) is 303 Å². The molecular formula is C91H123BBr6I3N11NaO15V-. The minimum atomic E-state index is -1.06. The van der Waals surface area contributed by atoms with Crippen LogP contribution in [0.4, 0.5) is 14.4 Å².